The fourth-order valence-electron chi connectivity index (χ4n) is 2.00. The van der Waals surface area contributed by atoms with Crippen LogP contribution >= 0.6 is 15.9 Å². The monoisotopic (exact) mass is 465 g/mol. The Kier molecular flexibility index (Phi) is 13.3. The van der Waals surface area contributed by atoms with Crippen LogP contribution in [0.3, 0.4) is 0 Å². The zero-order valence-electron chi connectivity index (χ0n) is 17.0. The van der Waals surface area contributed by atoms with Crippen LogP contribution < -0.4 is 0 Å². The van der Waals surface area contributed by atoms with Gasteiger partial charge in [-0.3, -0.25) is 0 Å². The summed E-state index contributed by atoms with van der Waals surface area (Å²) in [4.78, 5) is 11.4. The maximum atomic E-state index is 11.4. The van der Waals surface area contributed by atoms with E-state index >= 15 is 0 Å². The van der Waals surface area contributed by atoms with Crippen LogP contribution in [-0.4, -0.2) is 84.7 Å². The summed E-state index contributed by atoms with van der Waals surface area (Å²) < 4.78 is 28.4. The Morgan fingerprint density at radius 3 is 2.14 bits per heavy atom. The second-order valence-electron chi connectivity index (χ2n) is 6.89. The minimum absolute atomic E-state index is 0.0686. The first-order chi connectivity index (χ1) is 13.4. The molecule has 1 aromatic heterocycles. The van der Waals surface area contributed by atoms with Gasteiger partial charge in [-0.1, -0.05) is 21.1 Å². The van der Waals surface area contributed by atoms with E-state index in [0.717, 1.165) is 17.4 Å². The van der Waals surface area contributed by atoms with E-state index in [4.69, 9.17) is 23.7 Å². The van der Waals surface area contributed by atoms with Gasteiger partial charge < -0.3 is 23.7 Å². The number of aryl methyl sites for hydroxylation is 1. The molecule has 0 N–H and O–H groups in total. The summed E-state index contributed by atoms with van der Waals surface area (Å²) in [5, 5.41) is 8.97. The minimum atomic E-state index is -0.495. The minimum Gasteiger partial charge on any atom is -0.458 e. The van der Waals surface area contributed by atoms with Gasteiger partial charge in [-0.2, -0.15) is 0 Å². The Labute approximate surface area is 175 Å². The van der Waals surface area contributed by atoms with Crippen LogP contribution in [0.25, 0.3) is 0 Å². The van der Waals surface area contributed by atoms with Crippen molar-refractivity contribution >= 4 is 21.9 Å². The number of alkyl halides is 1. The van der Waals surface area contributed by atoms with E-state index < -0.39 is 5.60 Å². The van der Waals surface area contributed by atoms with Gasteiger partial charge in [-0.15, -0.1) is 5.10 Å². The number of carbonyl (C=O) groups excluding carboxylic acids is 1. The highest BCUT2D eigenvalue weighted by atomic mass is 79.9. The molecule has 0 bridgehead atoms. The normalized spacial score (nSPS) is 11.7. The van der Waals surface area contributed by atoms with Gasteiger partial charge in [-0.25, -0.2) is 9.48 Å². The summed E-state index contributed by atoms with van der Waals surface area (Å²) in [5.74, 6) is -0.376. The second-order valence-corrected chi connectivity index (χ2v) is 7.68. The van der Waals surface area contributed by atoms with Crippen molar-refractivity contribution in [2.75, 3.05) is 58.2 Å². The molecule has 10 heteroatoms. The molecule has 0 spiro atoms. The number of aromatic nitrogens is 3. The van der Waals surface area contributed by atoms with Crippen LogP contribution in [0.1, 0.15) is 26.5 Å². The predicted octanol–water partition coefficient (Wildman–Crippen LogP) is 1.62. The molecule has 0 saturated carbocycles. The first kappa shape index (κ1) is 25.0. The molecule has 1 aromatic rings. The number of hydrogen-bond acceptors (Lipinski definition) is 8. The maximum Gasteiger partial charge on any atom is 0.332 e. The number of rotatable bonds is 16. The van der Waals surface area contributed by atoms with Crippen molar-refractivity contribution in [3.63, 3.8) is 0 Å². The van der Waals surface area contributed by atoms with Gasteiger partial charge in [0, 0.05) is 17.9 Å². The number of esters is 1. The lowest BCUT2D eigenvalue weighted by molar-refractivity contribution is -0.160. The summed E-state index contributed by atoms with van der Waals surface area (Å²) in [6.07, 6.45) is 2.79. The van der Waals surface area contributed by atoms with Crippen LogP contribution in [0.5, 0.6) is 0 Å². The molecular weight excluding hydrogens is 434 g/mol. The third-order valence-corrected chi connectivity index (χ3v) is 3.55. The standard InChI is InChI=1S/C18H32BrN3O6/c1-18(2,3)28-17(23)15-27-13-12-26-11-10-25-9-8-24-7-6-22-14-16(4-5-19)20-21-22/h14H,4-13,15H2,1-3H3. The van der Waals surface area contributed by atoms with E-state index in [2.05, 4.69) is 26.2 Å². The van der Waals surface area contributed by atoms with Crippen LogP contribution in [-0.2, 0) is 41.4 Å². The van der Waals surface area contributed by atoms with E-state index in [9.17, 15) is 4.79 Å². The highest BCUT2D eigenvalue weighted by Crippen LogP contribution is 2.06. The Morgan fingerprint density at radius 1 is 1.00 bits per heavy atom. The largest absolute Gasteiger partial charge is 0.458 e. The SMILES string of the molecule is CC(C)(C)OC(=O)COCCOCCOCCOCCn1cc(CCBr)nn1. The first-order valence-electron chi connectivity index (χ1n) is 9.38. The Balaban J connectivity index is 1.82. The summed E-state index contributed by atoms with van der Waals surface area (Å²) in [5.41, 5.74) is 0.473. The topological polar surface area (TPSA) is 93.9 Å². The third-order valence-electron chi connectivity index (χ3n) is 3.16. The van der Waals surface area contributed by atoms with E-state index in [-0.39, 0.29) is 12.6 Å². The lowest BCUT2D eigenvalue weighted by Gasteiger charge is -2.19. The summed E-state index contributed by atoms with van der Waals surface area (Å²) in [6.45, 7) is 9.31. The summed E-state index contributed by atoms with van der Waals surface area (Å²) >= 11 is 3.38. The molecule has 1 heterocycles. The van der Waals surface area contributed by atoms with Crippen LogP contribution in [0.4, 0.5) is 0 Å². The molecule has 162 valence electrons. The van der Waals surface area contributed by atoms with E-state index in [1.54, 1.807) is 4.68 Å². The molecule has 0 fully saturated rings. The molecule has 28 heavy (non-hydrogen) atoms. The van der Waals surface area contributed by atoms with Gasteiger partial charge >= 0.3 is 5.97 Å². The molecule has 0 saturated heterocycles. The highest BCUT2D eigenvalue weighted by Gasteiger charge is 2.15. The Hall–Kier alpha value is -1.07. The van der Waals surface area contributed by atoms with Crippen LogP contribution in [0, 0.1) is 0 Å². The predicted molar refractivity (Wildman–Crippen MR) is 107 cm³/mol. The van der Waals surface area contributed by atoms with Crippen molar-refractivity contribution in [1.82, 2.24) is 15.0 Å². The third kappa shape index (κ3) is 14.0. The molecule has 0 radical (unpaired) electrons. The molecule has 0 aromatic carbocycles. The number of halogens is 1. The molecule has 0 aliphatic rings. The van der Waals surface area contributed by atoms with E-state index in [1.165, 1.54) is 0 Å². The van der Waals surface area contributed by atoms with E-state index in [1.807, 2.05) is 27.0 Å². The maximum absolute atomic E-state index is 11.4. The fourth-order valence-corrected chi connectivity index (χ4v) is 2.41. The van der Waals surface area contributed by atoms with Crippen molar-refractivity contribution in [1.29, 1.82) is 0 Å². The van der Waals surface area contributed by atoms with Gasteiger partial charge in [0.25, 0.3) is 0 Å². The average Bonchev–Trinajstić information content (AvgIpc) is 3.05. The zero-order valence-corrected chi connectivity index (χ0v) is 18.6. The number of ether oxygens (including phenoxy) is 5. The quantitative estimate of drug-likeness (QED) is 0.206. The van der Waals surface area contributed by atoms with Gasteiger partial charge in [0.05, 0.1) is 58.5 Å². The number of carbonyl (C=O) groups is 1. The smallest absolute Gasteiger partial charge is 0.332 e. The van der Waals surface area contributed by atoms with Gasteiger partial charge in [-0.05, 0) is 20.8 Å². The van der Waals surface area contributed by atoms with Gasteiger partial charge in [0.2, 0.25) is 0 Å². The summed E-state index contributed by atoms with van der Waals surface area (Å²) in [7, 11) is 0. The molecule has 0 aliphatic carbocycles. The molecule has 1 rings (SSSR count). The lowest BCUT2D eigenvalue weighted by atomic mass is 10.2. The van der Waals surface area contributed by atoms with E-state index in [0.29, 0.717) is 52.8 Å². The first-order valence-corrected chi connectivity index (χ1v) is 10.5. The molecule has 0 aliphatic heterocycles. The lowest BCUT2D eigenvalue weighted by Crippen LogP contribution is -2.27. The highest BCUT2D eigenvalue weighted by molar-refractivity contribution is 9.09. The van der Waals surface area contributed by atoms with Crippen molar-refractivity contribution in [3.05, 3.63) is 11.9 Å². The van der Waals surface area contributed by atoms with Crippen molar-refractivity contribution in [2.45, 2.75) is 39.3 Å². The Morgan fingerprint density at radius 2 is 1.57 bits per heavy atom. The fraction of sp³-hybridized carbons (Fsp3) is 0.833. The Bertz CT molecular complexity index is 536. The molecule has 0 unspecified atom stereocenters. The molecule has 0 amide bonds. The number of nitrogens with zero attached hydrogens (tertiary/aromatic N) is 3. The molecule has 9 nitrogen and oxygen atoms in total. The zero-order chi connectivity index (χ0) is 20.7. The van der Waals surface area contributed by atoms with Crippen LogP contribution in [0.2, 0.25) is 0 Å². The van der Waals surface area contributed by atoms with Gasteiger partial charge in [0.15, 0.2) is 0 Å². The summed E-state index contributed by atoms with van der Waals surface area (Å²) in [6, 6.07) is 0. The average molecular weight is 466 g/mol. The second kappa shape index (κ2) is 14.9. The molecule has 0 atom stereocenters. The number of hydrogen-bond donors (Lipinski definition) is 0. The van der Waals surface area contributed by atoms with Gasteiger partial charge in [0.1, 0.15) is 12.2 Å². The van der Waals surface area contributed by atoms with Crippen molar-refractivity contribution < 1.29 is 28.5 Å². The van der Waals surface area contributed by atoms with Crippen LogP contribution in [0.15, 0.2) is 6.20 Å². The molecular formula is C18H32BrN3O6. The van der Waals surface area contributed by atoms with Crippen molar-refractivity contribution in [2.24, 2.45) is 0 Å². The van der Waals surface area contributed by atoms with Crippen molar-refractivity contribution in [3.8, 4) is 0 Å².